The number of amides is 2. The standard InChI is InChI=1S/C19H16FN3O4S3/c20-13-3-1-12(2-4-13)11-16-18(25)23(19(28)29-16)10-9-17(24)22-14-5-7-15(8-6-14)30(21,26)27/h1-8,11H,9-10H2,(H,22,24)(H2,21,26,27)/b16-11+. The van der Waals surface area contributed by atoms with Crippen LogP contribution in [0.2, 0.25) is 0 Å². The number of thioether (sulfide) groups is 1. The molecule has 1 heterocycles. The van der Waals surface area contributed by atoms with Crippen molar-refractivity contribution in [2.45, 2.75) is 11.3 Å². The quantitative estimate of drug-likeness (QED) is 0.502. The molecule has 1 aliphatic heterocycles. The van der Waals surface area contributed by atoms with Gasteiger partial charge in [0.2, 0.25) is 15.9 Å². The van der Waals surface area contributed by atoms with Crippen molar-refractivity contribution in [2.24, 2.45) is 5.14 Å². The smallest absolute Gasteiger partial charge is 0.266 e. The number of carbonyl (C=O) groups is 2. The van der Waals surface area contributed by atoms with Gasteiger partial charge >= 0.3 is 0 Å². The number of carbonyl (C=O) groups excluding carboxylic acids is 2. The number of nitrogens with one attached hydrogen (secondary N) is 1. The average molecular weight is 466 g/mol. The number of hydrogen-bond donors (Lipinski definition) is 2. The maximum atomic E-state index is 13.0. The molecule has 11 heteroatoms. The van der Waals surface area contributed by atoms with Crippen LogP contribution in [0.1, 0.15) is 12.0 Å². The van der Waals surface area contributed by atoms with Gasteiger partial charge in [0, 0.05) is 18.7 Å². The average Bonchev–Trinajstić information content (AvgIpc) is 2.94. The van der Waals surface area contributed by atoms with Crippen molar-refractivity contribution in [3.05, 3.63) is 64.8 Å². The molecule has 3 rings (SSSR count). The molecule has 156 valence electrons. The zero-order chi connectivity index (χ0) is 21.9. The number of nitrogens with two attached hydrogens (primary N) is 1. The number of thiocarbonyl (C=S) groups is 1. The van der Waals surface area contributed by atoms with E-state index < -0.39 is 10.0 Å². The first-order chi connectivity index (χ1) is 14.1. The normalized spacial score (nSPS) is 15.7. The Kier molecular flexibility index (Phi) is 6.66. The fourth-order valence-corrected chi connectivity index (χ4v) is 4.39. The molecule has 1 fully saturated rings. The summed E-state index contributed by atoms with van der Waals surface area (Å²) >= 11 is 6.34. The molecule has 0 atom stereocenters. The summed E-state index contributed by atoms with van der Waals surface area (Å²) in [5.74, 6) is -1.06. The van der Waals surface area contributed by atoms with Crippen molar-refractivity contribution in [3.63, 3.8) is 0 Å². The van der Waals surface area contributed by atoms with Gasteiger partial charge < -0.3 is 5.32 Å². The Morgan fingerprint density at radius 1 is 1.17 bits per heavy atom. The summed E-state index contributed by atoms with van der Waals surface area (Å²) in [5, 5.41) is 7.65. The van der Waals surface area contributed by atoms with E-state index in [1.807, 2.05) is 0 Å². The Bertz CT molecular complexity index is 1130. The van der Waals surface area contributed by atoms with Gasteiger partial charge in [-0.25, -0.2) is 17.9 Å². The van der Waals surface area contributed by atoms with Gasteiger partial charge in [-0.2, -0.15) is 0 Å². The largest absolute Gasteiger partial charge is 0.326 e. The van der Waals surface area contributed by atoms with Crippen LogP contribution in [0, 0.1) is 5.82 Å². The van der Waals surface area contributed by atoms with E-state index in [-0.39, 0.29) is 35.5 Å². The van der Waals surface area contributed by atoms with E-state index >= 15 is 0 Å². The highest BCUT2D eigenvalue weighted by atomic mass is 32.2. The summed E-state index contributed by atoms with van der Waals surface area (Å²) < 4.78 is 35.8. The second-order valence-corrected chi connectivity index (χ2v) is 9.49. The first kappa shape index (κ1) is 22.1. The van der Waals surface area contributed by atoms with Crippen molar-refractivity contribution in [2.75, 3.05) is 11.9 Å². The van der Waals surface area contributed by atoms with E-state index in [9.17, 15) is 22.4 Å². The second kappa shape index (κ2) is 9.04. The highest BCUT2D eigenvalue weighted by Gasteiger charge is 2.32. The van der Waals surface area contributed by atoms with Crippen molar-refractivity contribution in [3.8, 4) is 0 Å². The van der Waals surface area contributed by atoms with Crippen LogP contribution in [0.15, 0.2) is 58.3 Å². The van der Waals surface area contributed by atoms with Gasteiger partial charge in [-0.1, -0.05) is 36.1 Å². The molecule has 0 saturated carbocycles. The van der Waals surface area contributed by atoms with Crippen LogP contribution in [0.5, 0.6) is 0 Å². The molecule has 30 heavy (non-hydrogen) atoms. The summed E-state index contributed by atoms with van der Waals surface area (Å²) in [6.07, 6.45) is 1.61. The molecule has 1 aliphatic rings. The lowest BCUT2D eigenvalue weighted by Crippen LogP contribution is -2.31. The number of hydrogen-bond acceptors (Lipinski definition) is 6. The number of halogens is 1. The third kappa shape index (κ3) is 5.51. The van der Waals surface area contributed by atoms with Gasteiger partial charge in [-0.15, -0.1) is 0 Å². The van der Waals surface area contributed by atoms with Crippen molar-refractivity contribution in [1.29, 1.82) is 0 Å². The molecular formula is C19H16FN3O4S3. The third-order valence-corrected chi connectivity index (χ3v) is 6.38. The zero-order valence-corrected chi connectivity index (χ0v) is 17.8. The predicted molar refractivity (Wildman–Crippen MR) is 117 cm³/mol. The van der Waals surface area contributed by atoms with E-state index in [1.165, 1.54) is 41.3 Å². The van der Waals surface area contributed by atoms with Gasteiger partial charge in [-0.05, 0) is 48.0 Å². The van der Waals surface area contributed by atoms with Crippen molar-refractivity contribution >= 4 is 61.9 Å². The molecule has 0 radical (unpaired) electrons. The van der Waals surface area contributed by atoms with E-state index in [2.05, 4.69) is 5.32 Å². The molecule has 0 aromatic heterocycles. The topological polar surface area (TPSA) is 110 Å². The lowest BCUT2D eigenvalue weighted by Gasteiger charge is -2.14. The summed E-state index contributed by atoms with van der Waals surface area (Å²) in [7, 11) is -3.81. The molecule has 0 bridgehead atoms. The lowest BCUT2D eigenvalue weighted by atomic mass is 10.2. The van der Waals surface area contributed by atoms with Crippen molar-refractivity contribution in [1.82, 2.24) is 4.90 Å². The lowest BCUT2D eigenvalue weighted by molar-refractivity contribution is -0.122. The van der Waals surface area contributed by atoms with Crippen LogP contribution in [-0.4, -0.2) is 36.0 Å². The highest BCUT2D eigenvalue weighted by molar-refractivity contribution is 8.26. The van der Waals surface area contributed by atoms with E-state index in [4.69, 9.17) is 17.4 Å². The van der Waals surface area contributed by atoms with Crippen LogP contribution in [0.4, 0.5) is 10.1 Å². The van der Waals surface area contributed by atoms with Crippen LogP contribution in [0.3, 0.4) is 0 Å². The molecule has 2 aromatic carbocycles. The molecule has 0 unspecified atom stereocenters. The maximum Gasteiger partial charge on any atom is 0.266 e. The van der Waals surface area contributed by atoms with Crippen LogP contribution >= 0.6 is 24.0 Å². The molecule has 0 aliphatic carbocycles. The number of primary sulfonamides is 1. The van der Waals surface area contributed by atoms with E-state index in [0.717, 1.165) is 11.8 Å². The minimum absolute atomic E-state index is 0.00674. The first-order valence-electron chi connectivity index (χ1n) is 8.57. The Morgan fingerprint density at radius 3 is 2.40 bits per heavy atom. The fraction of sp³-hybridized carbons (Fsp3) is 0.105. The number of benzene rings is 2. The molecule has 7 nitrogen and oxygen atoms in total. The molecule has 2 aromatic rings. The maximum absolute atomic E-state index is 13.0. The first-order valence-corrected chi connectivity index (χ1v) is 11.3. The van der Waals surface area contributed by atoms with Gasteiger partial charge in [0.05, 0.1) is 9.80 Å². The summed E-state index contributed by atoms with van der Waals surface area (Å²) in [6.45, 7) is 0.0898. The molecule has 1 saturated heterocycles. The Labute approximate surface area is 182 Å². The molecular weight excluding hydrogens is 449 g/mol. The number of rotatable bonds is 6. The van der Waals surface area contributed by atoms with E-state index in [1.54, 1.807) is 18.2 Å². The van der Waals surface area contributed by atoms with Gasteiger partial charge in [0.15, 0.2) is 0 Å². The minimum Gasteiger partial charge on any atom is -0.326 e. The zero-order valence-electron chi connectivity index (χ0n) is 15.4. The van der Waals surface area contributed by atoms with Crippen molar-refractivity contribution < 1.29 is 22.4 Å². The Balaban J connectivity index is 1.58. The Morgan fingerprint density at radius 2 is 1.80 bits per heavy atom. The number of anilines is 1. The van der Waals surface area contributed by atoms with Gasteiger partial charge in [0.1, 0.15) is 10.1 Å². The van der Waals surface area contributed by atoms with Gasteiger partial charge in [0.25, 0.3) is 5.91 Å². The molecule has 3 N–H and O–H groups in total. The third-order valence-electron chi connectivity index (χ3n) is 4.07. The monoisotopic (exact) mass is 465 g/mol. The van der Waals surface area contributed by atoms with Crippen LogP contribution < -0.4 is 10.5 Å². The predicted octanol–water partition coefficient (Wildman–Crippen LogP) is 2.70. The van der Waals surface area contributed by atoms with Gasteiger partial charge in [-0.3, -0.25) is 14.5 Å². The highest BCUT2D eigenvalue weighted by Crippen LogP contribution is 2.32. The number of nitrogens with zero attached hydrogens (tertiary/aromatic N) is 1. The number of sulfonamides is 1. The summed E-state index contributed by atoms with van der Waals surface area (Å²) in [5.41, 5.74) is 1.06. The SMILES string of the molecule is NS(=O)(=O)c1ccc(NC(=O)CCN2C(=O)/C(=C\c3ccc(F)cc3)SC2=S)cc1. The van der Waals surface area contributed by atoms with Crippen LogP contribution in [0.25, 0.3) is 6.08 Å². The van der Waals surface area contributed by atoms with Crippen LogP contribution in [-0.2, 0) is 19.6 Å². The summed E-state index contributed by atoms with van der Waals surface area (Å²) in [4.78, 5) is 26.4. The Hall–Kier alpha value is -2.60. The fourth-order valence-electron chi connectivity index (χ4n) is 2.57. The molecule has 0 spiro atoms. The van der Waals surface area contributed by atoms with E-state index in [0.29, 0.717) is 20.5 Å². The minimum atomic E-state index is -3.81. The molecule has 2 amide bonds. The second-order valence-electron chi connectivity index (χ2n) is 6.25. The summed E-state index contributed by atoms with van der Waals surface area (Å²) in [6, 6.07) is 11.1.